The maximum Gasteiger partial charge on any atom is 0.270 e. The Bertz CT molecular complexity index is 663. The van der Waals surface area contributed by atoms with Gasteiger partial charge in [0, 0.05) is 30.7 Å². The number of rotatable bonds is 4. The summed E-state index contributed by atoms with van der Waals surface area (Å²) in [5, 5.41) is 4.02. The molecule has 0 saturated heterocycles. The van der Waals surface area contributed by atoms with Crippen LogP contribution in [0.3, 0.4) is 0 Å². The highest BCUT2D eigenvalue weighted by atomic mass is 19.3. The van der Waals surface area contributed by atoms with Gasteiger partial charge >= 0.3 is 0 Å². The largest absolute Gasteiger partial charge is 0.493 e. The van der Waals surface area contributed by atoms with Crippen molar-refractivity contribution in [2.75, 3.05) is 20.0 Å². The van der Waals surface area contributed by atoms with Gasteiger partial charge in [0.1, 0.15) is 5.82 Å². The van der Waals surface area contributed by atoms with Gasteiger partial charge in [0.2, 0.25) is 0 Å². The average molecular weight is 297 g/mol. The maximum atomic E-state index is 13.7. The molecular weight excluding hydrogens is 280 g/mol. The Morgan fingerprint density at radius 2 is 1.86 bits per heavy atom. The number of aromatic nitrogens is 2. The van der Waals surface area contributed by atoms with Crippen LogP contribution in [0.4, 0.5) is 14.6 Å². The summed E-state index contributed by atoms with van der Waals surface area (Å²) in [6.45, 7) is 0.824. The molecule has 0 aliphatic rings. The fourth-order valence-electron chi connectivity index (χ4n) is 2.07. The third-order valence-electron chi connectivity index (χ3n) is 3.26. The molecule has 0 radical (unpaired) electrons. The Morgan fingerprint density at radius 1 is 1.19 bits per heavy atom. The minimum absolute atomic E-state index is 0.182. The van der Waals surface area contributed by atoms with E-state index in [-0.39, 0.29) is 11.3 Å². The molecule has 0 aliphatic carbocycles. The van der Waals surface area contributed by atoms with Gasteiger partial charge in [0.05, 0.1) is 20.4 Å². The third-order valence-corrected chi connectivity index (χ3v) is 3.26. The van der Waals surface area contributed by atoms with Crippen molar-refractivity contribution in [3.8, 4) is 22.6 Å². The summed E-state index contributed by atoms with van der Waals surface area (Å²) < 4.78 is 39.2. The van der Waals surface area contributed by atoms with E-state index in [1.807, 2.05) is 0 Å². The summed E-state index contributed by atoms with van der Waals surface area (Å²) in [7, 11) is 4.50. The molecule has 7 heteroatoms. The van der Waals surface area contributed by atoms with Crippen molar-refractivity contribution < 1.29 is 18.3 Å². The number of nitrogens with two attached hydrogens (primary N) is 1. The van der Waals surface area contributed by atoms with Crippen molar-refractivity contribution in [2.45, 2.75) is 12.8 Å². The quantitative estimate of drug-likeness (QED) is 0.942. The van der Waals surface area contributed by atoms with Gasteiger partial charge in [-0.05, 0) is 12.1 Å². The molecule has 0 saturated carbocycles. The second-order valence-corrected chi connectivity index (χ2v) is 4.71. The first kappa shape index (κ1) is 15.1. The fraction of sp³-hybridized carbons (Fsp3) is 0.357. The third kappa shape index (κ3) is 2.63. The molecule has 21 heavy (non-hydrogen) atoms. The summed E-state index contributed by atoms with van der Waals surface area (Å²) in [4.78, 5) is 0. The number of nitrogens with zero attached hydrogens (tertiary/aromatic N) is 2. The van der Waals surface area contributed by atoms with E-state index in [4.69, 9.17) is 15.2 Å². The zero-order chi connectivity index (χ0) is 15.8. The molecule has 114 valence electrons. The van der Waals surface area contributed by atoms with Gasteiger partial charge in [-0.1, -0.05) is 0 Å². The first-order chi connectivity index (χ1) is 9.79. The van der Waals surface area contributed by atoms with Crippen LogP contribution in [0.2, 0.25) is 0 Å². The monoisotopic (exact) mass is 297 g/mol. The topological polar surface area (TPSA) is 62.3 Å². The zero-order valence-electron chi connectivity index (χ0n) is 12.3. The minimum Gasteiger partial charge on any atom is -0.493 e. The molecule has 0 fully saturated rings. The summed E-state index contributed by atoms with van der Waals surface area (Å²) in [6, 6.07) is 2.60. The lowest BCUT2D eigenvalue weighted by Crippen LogP contribution is -2.08. The molecule has 1 aromatic carbocycles. The number of alkyl halides is 2. The van der Waals surface area contributed by atoms with Crippen LogP contribution in [0.1, 0.15) is 12.5 Å². The average Bonchev–Trinajstić information content (AvgIpc) is 2.76. The second kappa shape index (κ2) is 5.23. The van der Waals surface area contributed by atoms with E-state index in [0.717, 1.165) is 6.92 Å². The van der Waals surface area contributed by atoms with E-state index in [1.165, 1.54) is 37.2 Å². The van der Waals surface area contributed by atoms with E-state index in [1.54, 1.807) is 7.05 Å². The summed E-state index contributed by atoms with van der Waals surface area (Å²) >= 11 is 0. The van der Waals surface area contributed by atoms with Gasteiger partial charge in [0.25, 0.3) is 5.92 Å². The number of nitrogen functional groups attached to an aromatic ring is 1. The summed E-state index contributed by atoms with van der Waals surface area (Å²) in [5.41, 5.74) is 6.67. The predicted octanol–water partition coefficient (Wildman–Crippen LogP) is 2.80. The lowest BCUT2D eigenvalue weighted by molar-refractivity contribution is 0.0172. The number of ether oxygens (including phenoxy) is 2. The van der Waals surface area contributed by atoms with Gasteiger partial charge in [0.15, 0.2) is 11.5 Å². The van der Waals surface area contributed by atoms with Crippen molar-refractivity contribution >= 4 is 5.82 Å². The maximum absolute atomic E-state index is 13.7. The Balaban J connectivity index is 2.76. The molecule has 0 atom stereocenters. The van der Waals surface area contributed by atoms with Crippen LogP contribution in [0, 0.1) is 0 Å². The summed E-state index contributed by atoms with van der Waals surface area (Å²) in [6.07, 6.45) is 1.50. The Labute approximate surface area is 121 Å². The SMILES string of the molecule is COc1cc(C(C)(F)F)cc(-c2cnn(C)c2N)c1OC. The van der Waals surface area contributed by atoms with Crippen molar-refractivity contribution in [1.82, 2.24) is 9.78 Å². The Hall–Kier alpha value is -2.31. The van der Waals surface area contributed by atoms with Gasteiger partial charge in [-0.3, -0.25) is 4.68 Å². The highest BCUT2D eigenvalue weighted by molar-refractivity contribution is 5.81. The van der Waals surface area contributed by atoms with E-state index in [2.05, 4.69) is 5.10 Å². The number of anilines is 1. The van der Waals surface area contributed by atoms with E-state index < -0.39 is 5.92 Å². The first-order valence-corrected chi connectivity index (χ1v) is 6.21. The summed E-state index contributed by atoms with van der Waals surface area (Å²) in [5.74, 6) is -2.10. The molecule has 0 bridgehead atoms. The highest BCUT2D eigenvalue weighted by Gasteiger charge is 2.28. The fourth-order valence-corrected chi connectivity index (χ4v) is 2.07. The Morgan fingerprint density at radius 3 is 2.29 bits per heavy atom. The molecular formula is C14H17F2N3O2. The predicted molar refractivity (Wildman–Crippen MR) is 75.7 cm³/mol. The molecule has 0 amide bonds. The van der Waals surface area contributed by atoms with Crippen molar-refractivity contribution in [3.63, 3.8) is 0 Å². The number of hydrogen-bond acceptors (Lipinski definition) is 4. The Kier molecular flexibility index (Phi) is 3.76. The molecule has 0 spiro atoms. The van der Waals surface area contributed by atoms with Crippen LogP contribution in [0.5, 0.6) is 11.5 Å². The first-order valence-electron chi connectivity index (χ1n) is 6.21. The van der Waals surface area contributed by atoms with Crippen LogP contribution >= 0.6 is 0 Å². The van der Waals surface area contributed by atoms with Gasteiger partial charge < -0.3 is 15.2 Å². The van der Waals surface area contributed by atoms with Crippen LogP contribution in [-0.4, -0.2) is 24.0 Å². The number of benzene rings is 1. The number of methoxy groups -OCH3 is 2. The van der Waals surface area contributed by atoms with Crippen LogP contribution in [0.25, 0.3) is 11.1 Å². The van der Waals surface area contributed by atoms with E-state index in [0.29, 0.717) is 22.7 Å². The van der Waals surface area contributed by atoms with E-state index >= 15 is 0 Å². The molecule has 5 nitrogen and oxygen atoms in total. The standard InChI is InChI=1S/C14H17F2N3O2/c1-14(15,16)8-5-9(10-7-18-19(2)13(10)17)12(21-4)11(6-8)20-3/h5-7H,17H2,1-4H3. The number of halogens is 2. The second-order valence-electron chi connectivity index (χ2n) is 4.71. The molecule has 0 aliphatic heterocycles. The van der Waals surface area contributed by atoms with Crippen molar-refractivity contribution in [1.29, 1.82) is 0 Å². The van der Waals surface area contributed by atoms with Crippen LogP contribution < -0.4 is 15.2 Å². The van der Waals surface area contributed by atoms with Gasteiger partial charge in [-0.15, -0.1) is 0 Å². The number of aryl methyl sites for hydroxylation is 1. The normalized spacial score (nSPS) is 11.5. The van der Waals surface area contributed by atoms with Gasteiger partial charge in [-0.2, -0.15) is 5.10 Å². The molecule has 2 N–H and O–H groups in total. The van der Waals surface area contributed by atoms with Crippen molar-refractivity contribution in [2.24, 2.45) is 7.05 Å². The zero-order valence-corrected chi connectivity index (χ0v) is 12.3. The molecule has 1 heterocycles. The molecule has 2 rings (SSSR count). The highest BCUT2D eigenvalue weighted by Crippen LogP contribution is 2.44. The van der Waals surface area contributed by atoms with E-state index in [9.17, 15) is 8.78 Å². The lowest BCUT2D eigenvalue weighted by atomic mass is 10.00. The molecule has 2 aromatic rings. The van der Waals surface area contributed by atoms with Crippen molar-refractivity contribution in [3.05, 3.63) is 23.9 Å². The number of hydrogen-bond donors (Lipinski definition) is 1. The van der Waals surface area contributed by atoms with Gasteiger partial charge in [-0.25, -0.2) is 8.78 Å². The lowest BCUT2D eigenvalue weighted by Gasteiger charge is -2.18. The smallest absolute Gasteiger partial charge is 0.270 e. The minimum atomic E-state index is -3.01. The molecule has 1 aromatic heterocycles. The molecule has 0 unspecified atom stereocenters. The van der Waals surface area contributed by atoms with Crippen LogP contribution in [-0.2, 0) is 13.0 Å². The van der Waals surface area contributed by atoms with Crippen LogP contribution in [0.15, 0.2) is 18.3 Å².